The van der Waals surface area contributed by atoms with E-state index >= 15 is 0 Å². The van der Waals surface area contributed by atoms with Gasteiger partial charge in [-0.2, -0.15) is 0 Å². The maximum Gasteiger partial charge on any atom is 0.261 e. The van der Waals surface area contributed by atoms with Crippen LogP contribution in [0.25, 0.3) is 0 Å². The molecule has 6 nitrogen and oxygen atoms in total. The molecule has 0 bridgehead atoms. The van der Waals surface area contributed by atoms with Gasteiger partial charge in [-0.05, 0) is 63.1 Å². The third-order valence-corrected chi connectivity index (χ3v) is 5.63. The number of aryl methyl sites for hydroxylation is 1. The van der Waals surface area contributed by atoms with Gasteiger partial charge in [-0.3, -0.25) is 9.59 Å². The van der Waals surface area contributed by atoms with Crippen LogP contribution in [0.4, 0.5) is 0 Å². The topological polar surface area (TPSA) is 67.9 Å². The SMILES string of the molecule is COc1ccc(OCC(=O)N(Cc2cccc(C)c2)[C@H](Cc2ccccc2)C(=O)NC(C)(C)C)cc1. The van der Waals surface area contributed by atoms with Gasteiger partial charge in [0.25, 0.3) is 5.91 Å². The van der Waals surface area contributed by atoms with E-state index in [1.165, 1.54) is 0 Å². The van der Waals surface area contributed by atoms with Crippen LogP contribution in [0.5, 0.6) is 11.5 Å². The van der Waals surface area contributed by atoms with Gasteiger partial charge >= 0.3 is 0 Å². The zero-order chi connectivity index (χ0) is 26.1. The molecule has 0 aliphatic heterocycles. The standard InChI is InChI=1S/C30H36N2O4/c1-22-10-9-13-24(18-22)20-32(28(33)21-36-26-16-14-25(35-5)15-17-26)27(29(34)31-30(2,3)4)19-23-11-7-6-8-12-23/h6-18,27H,19-21H2,1-5H3,(H,31,34)/t27-/m1/s1. The molecule has 2 amide bonds. The molecule has 3 aromatic rings. The molecular weight excluding hydrogens is 452 g/mol. The van der Waals surface area contributed by atoms with Crippen LogP contribution in [-0.2, 0) is 22.6 Å². The number of carbonyl (C=O) groups excluding carboxylic acids is 2. The lowest BCUT2D eigenvalue weighted by molar-refractivity contribution is -0.143. The Hall–Kier alpha value is -3.80. The Morgan fingerprint density at radius 1 is 0.889 bits per heavy atom. The van der Waals surface area contributed by atoms with Crippen molar-refractivity contribution >= 4 is 11.8 Å². The lowest BCUT2D eigenvalue weighted by Crippen LogP contribution is -2.55. The van der Waals surface area contributed by atoms with E-state index in [0.29, 0.717) is 24.5 Å². The fourth-order valence-electron chi connectivity index (χ4n) is 3.91. The number of methoxy groups -OCH3 is 1. The molecule has 190 valence electrons. The Kier molecular flexibility index (Phi) is 9.12. The summed E-state index contributed by atoms with van der Waals surface area (Å²) in [6, 6.07) is 24.1. The van der Waals surface area contributed by atoms with Gasteiger partial charge in [-0.25, -0.2) is 0 Å². The van der Waals surface area contributed by atoms with Crippen LogP contribution >= 0.6 is 0 Å². The van der Waals surface area contributed by atoms with Crippen LogP contribution in [0.3, 0.4) is 0 Å². The van der Waals surface area contributed by atoms with Crippen molar-refractivity contribution in [2.45, 2.75) is 52.2 Å². The second kappa shape index (κ2) is 12.2. The van der Waals surface area contributed by atoms with Crippen LogP contribution in [0.1, 0.15) is 37.5 Å². The normalized spacial score (nSPS) is 11.9. The summed E-state index contributed by atoms with van der Waals surface area (Å²) < 4.78 is 11.0. The Morgan fingerprint density at radius 3 is 2.14 bits per heavy atom. The predicted molar refractivity (Wildman–Crippen MR) is 142 cm³/mol. The monoisotopic (exact) mass is 488 g/mol. The molecule has 1 N–H and O–H groups in total. The molecule has 3 rings (SSSR count). The van der Waals surface area contributed by atoms with E-state index < -0.39 is 11.6 Å². The minimum absolute atomic E-state index is 0.188. The zero-order valence-electron chi connectivity index (χ0n) is 21.8. The van der Waals surface area contributed by atoms with Gasteiger partial charge in [0, 0.05) is 18.5 Å². The van der Waals surface area contributed by atoms with Gasteiger partial charge in [-0.1, -0.05) is 60.2 Å². The molecule has 0 unspecified atom stereocenters. The zero-order valence-corrected chi connectivity index (χ0v) is 21.8. The van der Waals surface area contributed by atoms with Crippen LogP contribution in [0.15, 0.2) is 78.9 Å². The number of ether oxygens (including phenoxy) is 2. The number of hydrogen-bond donors (Lipinski definition) is 1. The summed E-state index contributed by atoms with van der Waals surface area (Å²) in [5.74, 6) is 0.795. The Morgan fingerprint density at radius 2 is 1.53 bits per heavy atom. The number of nitrogens with zero attached hydrogens (tertiary/aromatic N) is 1. The average Bonchev–Trinajstić information content (AvgIpc) is 2.84. The molecule has 6 heteroatoms. The highest BCUT2D eigenvalue weighted by Crippen LogP contribution is 2.19. The Labute approximate surface area is 214 Å². The van der Waals surface area contributed by atoms with E-state index in [1.54, 1.807) is 36.3 Å². The van der Waals surface area contributed by atoms with Crippen LogP contribution in [0, 0.1) is 6.92 Å². The third kappa shape index (κ3) is 8.15. The molecule has 36 heavy (non-hydrogen) atoms. The summed E-state index contributed by atoms with van der Waals surface area (Å²) in [5.41, 5.74) is 2.58. The van der Waals surface area contributed by atoms with E-state index in [1.807, 2.05) is 82.3 Å². The van der Waals surface area contributed by atoms with Gasteiger partial charge in [0.2, 0.25) is 5.91 Å². The molecule has 0 radical (unpaired) electrons. The molecule has 0 aliphatic carbocycles. The highest BCUT2D eigenvalue weighted by atomic mass is 16.5. The van der Waals surface area contributed by atoms with Crippen LogP contribution < -0.4 is 14.8 Å². The number of amides is 2. The third-order valence-electron chi connectivity index (χ3n) is 5.63. The second-order valence-corrected chi connectivity index (χ2v) is 9.92. The van der Waals surface area contributed by atoms with Crippen molar-refractivity contribution in [3.63, 3.8) is 0 Å². The summed E-state index contributed by atoms with van der Waals surface area (Å²) in [6.45, 7) is 7.92. The van der Waals surface area contributed by atoms with Crippen molar-refractivity contribution < 1.29 is 19.1 Å². The molecule has 0 spiro atoms. The highest BCUT2D eigenvalue weighted by molar-refractivity contribution is 5.89. The summed E-state index contributed by atoms with van der Waals surface area (Å²) in [6.07, 6.45) is 0.392. The first-order chi connectivity index (χ1) is 17.1. The summed E-state index contributed by atoms with van der Waals surface area (Å²) in [4.78, 5) is 28.8. The van der Waals surface area contributed by atoms with Crippen molar-refractivity contribution in [2.75, 3.05) is 13.7 Å². The van der Waals surface area contributed by atoms with E-state index in [9.17, 15) is 9.59 Å². The number of rotatable bonds is 10. The lowest BCUT2D eigenvalue weighted by atomic mass is 10.0. The number of hydrogen-bond acceptors (Lipinski definition) is 4. The van der Waals surface area contributed by atoms with Gasteiger partial charge < -0.3 is 19.7 Å². The molecule has 0 fully saturated rings. The minimum atomic E-state index is -0.709. The highest BCUT2D eigenvalue weighted by Gasteiger charge is 2.32. The maximum atomic E-state index is 13.6. The van der Waals surface area contributed by atoms with Crippen molar-refractivity contribution in [1.29, 1.82) is 0 Å². The number of nitrogens with one attached hydrogen (secondary N) is 1. The number of carbonyl (C=O) groups is 2. The van der Waals surface area contributed by atoms with Crippen molar-refractivity contribution in [3.8, 4) is 11.5 Å². The first kappa shape index (κ1) is 26.8. The van der Waals surface area contributed by atoms with E-state index in [2.05, 4.69) is 5.32 Å². The Bertz CT molecular complexity index is 1140. The molecule has 0 heterocycles. The molecule has 1 atom stereocenters. The predicted octanol–water partition coefficient (Wildman–Crippen LogP) is 4.94. The number of benzene rings is 3. The molecular formula is C30H36N2O4. The van der Waals surface area contributed by atoms with E-state index in [4.69, 9.17) is 9.47 Å². The fourth-order valence-corrected chi connectivity index (χ4v) is 3.91. The molecule has 3 aromatic carbocycles. The van der Waals surface area contributed by atoms with E-state index in [0.717, 1.165) is 16.7 Å². The van der Waals surface area contributed by atoms with Crippen molar-refractivity contribution in [2.24, 2.45) is 0 Å². The summed E-state index contributed by atoms with van der Waals surface area (Å²) in [7, 11) is 1.60. The lowest BCUT2D eigenvalue weighted by Gasteiger charge is -2.33. The summed E-state index contributed by atoms with van der Waals surface area (Å²) >= 11 is 0. The largest absolute Gasteiger partial charge is 0.497 e. The van der Waals surface area contributed by atoms with Crippen LogP contribution in [0.2, 0.25) is 0 Å². The van der Waals surface area contributed by atoms with Gasteiger partial charge in [-0.15, -0.1) is 0 Å². The molecule has 0 aromatic heterocycles. The van der Waals surface area contributed by atoms with Crippen molar-refractivity contribution in [3.05, 3.63) is 95.6 Å². The molecule has 0 saturated heterocycles. The molecule has 0 aliphatic rings. The summed E-state index contributed by atoms with van der Waals surface area (Å²) in [5, 5.41) is 3.07. The van der Waals surface area contributed by atoms with Gasteiger partial charge in [0.1, 0.15) is 17.5 Å². The van der Waals surface area contributed by atoms with Crippen molar-refractivity contribution in [1.82, 2.24) is 10.2 Å². The van der Waals surface area contributed by atoms with E-state index in [-0.39, 0.29) is 18.4 Å². The van der Waals surface area contributed by atoms with Gasteiger partial charge in [0.05, 0.1) is 7.11 Å². The molecule has 0 saturated carbocycles. The minimum Gasteiger partial charge on any atom is -0.497 e. The quantitative estimate of drug-likeness (QED) is 0.439. The maximum absolute atomic E-state index is 13.6. The smallest absolute Gasteiger partial charge is 0.261 e. The average molecular weight is 489 g/mol. The second-order valence-electron chi connectivity index (χ2n) is 9.92. The first-order valence-corrected chi connectivity index (χ1v) is 12.1. The Balaban J connectivity index is 1.91. The van der Waals surface area contributed by atoms with Crippen LogP contribution in [-0.4, -0.2) is 42.0 Å². The van der Waals surface area contributed by atoms with Gasteiger partial charge in [0.15, 0.2) is 6.61 Å². The first-order valence-electron chi connectivity index (χ1n) is 12.1. The fraction of sp³-hybridized carbons (Fsp3) is 0.333.